The average molecular weight is 394 g/mol. The normalized spacial score (nSPS) is 11.8. The van der Waals surface area contributed by atoms with Gasteiger partial charge in [0.05, 0.1) is 28.2 Å². The predicted molar refractivity (Wildman–Crippen MR) is 109 cm³/mol. The lowest BCUT2D eigenvalue weighted by atomic mass is 9.99. The Morgan fingerprint density at radius 2 is 1.64 bits per heavy atom. The third kappa shape index (κ3) is 4.65. The molecule has 0 aliphatic carbocycles. The second kappa shape index (κ2) is 8.82. The van der Waals surface area contributed by atoms with Gasteiger partial charge in [-0.25, -0.2) is 4.79 Å². The summed E-state index contributed by atoms with van der Waals surface area (Å²) in [4.78, 5) is 11.4. The number of benzene rings is 3. The zero-order valence-electron chi connectivity index (χ0n) is 15.4. The minimum absolute atomic E-state index is 0.292. The van der Waals surface area contributed by atoms with Crippen LogP contribution in [0.4, 0.5) is 11.4 Å². The van der Waals surface area contributed by atoms with Gasteiger partial charge in [-0.2, -0.15) is 0 Å². The number of hydrogen-bond acceptors (Lipinski definition) is 3. The number of anilines is 2. The van der Waals surface area contributed by atoms with E-state index in [-0.39, 0.29) is 0 Å². The van der Waals surface area contributed by atoms with Crippen LogP contribution in [-0.2, 0) is 24.1 Å². The summed E-state index contributed by atoms with van der Waals surface area (Å²) in [7, 11) is 0. The monoisotopic (exact) mass is 394 g/mol. The molecule has 0 saturated heterocycles. The lowest BCUT2D eigenvalue weighted by molar-refractivity contribution is 0.0695. The molecule has 28 heavy (non-hydrogen) atoms. The van der Waals surface area contributed by atoms with Crippen LogP contribution in [0.15, 0.2) is 72.8 Å². The maximum atomic E-state index is 11.9. The second-order valence-corrected chi connectivity index (χ2v) is 7.28. The van der Waals surface area contributed by atoms with E-state index >= 15 is 0 Å². The lowest BCUT2D eigenvalue weighted by Gasteiger charge is -2.27. The Hall–Kier alpha value is -2.96. The number of aromatic carboxylic acids is 1. The van der Waals surface area contributed by atoms with Crippen molar-refractivity contribution in [1.29, 1.82) is 0 Å². The highest BCUT2D eigenvalue weighted by atomic mass is 32.2. The first-order valence-electron chi connectivity index (χ1n) is 8.82. The molecule has 1 N–H and O–H groups in total. The first kappa shape index (κ1) is 19.8. The van der Waals surface area contributed by atoms with E-state index in [2.05, 4.69) is 0 Å². The number of aryl methyl sites for hydroxylation is 3. The van der Waals surface area contributed by atoms with Crippen LogP contribution in [0, 0.1) is 6.92 Å². The zero-order chi connectivity index (χ0) is 20.1. The Bertz CT molecular complexity index is 1020. The van der Waals surface area contributed by atoms with E-state index in [0.717, 1.165) is 16.7 Å². The molecule has 0 bridgehead atoms. The fourth-order valence-corrected chi connectivity index (χ4v) is 3.71. The van der Waals surface area contributed by atoms with Crippen molar-refractivity contribution in [2.24, 2.45) is 0 Å². The van der Waals surface area contributed by atoms with Crippen molar-refractivity contribution >= 4 is 28.6 Å². The summed E-state index contributed by atoms with van der Waals surface area (Å²) in [6, 6.07) is 21.5. The molecular formula is C22H20NO4S-. The number of nitrogens with zero attached hydrogens (tertiary/aromatic N) is 1. The van der Waals surface area contributed by atoms with Crippen molar-refractivity contribution in [3.8, 4) is 0 Å². The molecule has 6 heteroatoms. The van der Waals surface area contributed by atoms with Crippen molar-refractivity contribution in [1.82, 2.24) is 0 Å². The van der Waals surface area contributed by atoms with Crippen molar-refractivity contribution in [3.63, 3.8) is 0 Å². The highest BCUT2D eigenvalue weighted by molar-refractivity contribution is 7.81. The topological polar surface area (TPSA) is 80.7 Å². The molecule has 0 fully saturated rings. The summed E-state index contributed by atoms with van der Waals surface area (Å²) in [5.74, 6) is -0.947. The molecular weight excluding hydrogens is 374 g/mol. The fourth-order valence-electron chi connectivity index (χ4n) is 3.14. The molecule has 3 rings (SSSR count). The van der Waals surface area contributed by atoms with Crippen molar-refractivity contribution in [2.45, 2.75) is 19.8 Å². The van der Waals surface area contributed by atoms with Gasteiger partial charge < -0.3 is 9.66 Å². The Balaban J connectivity index is 1.85. The van der Waals surface area contributed by atoms with E-state index in [0.29, 0.717) is 29.8 Å². The maximum absolute atomic E-state index is 11.9. The van der Waals surface area contributed by atoms with Crippen molar-refractivity contribution in [2.75, 3.05) is 4.31 Å². The molecule has 3 aromatic carbocycles. The van der Waals surface area contributed by atoms with E-state index in [9.17, 15) is 18.7 Å². The second-order valence-electron chi connectivity index (χ2n) is 6.48. The predicted octanol–water partition coefficient (Wildman–Crippen LogP) is 4.41. The number of carboxylic acids is 1. The number of carbonyl (C=O) groups is 1. The summed E-state index contributed by atoms with van der Waals surface area (Å²) in [6.07, 6.45) is 1.15. The molecule has 0 aliphatic rings. The van der Waals surface area contributed by atoms with E-state index in [1.807, 2.05) is 49.4 Å². The maximum Gasteiger partial charge on any atom is 0.335 e. The van der Waals surface area contributed by atoms with Crippen LogP contribution in [0.2, 0.25) is 0 Å². The van der Waals surface area contributed by atoms with Crippen molar-refractivity contribution < 1.29 is 18.7 Å². The molecule has 1 atom stereocenters. The summed E-state index contributed by atoms with van der Waals surface area (Å²) < 4.78 is 25.0. The Labute approximate surface area is 166 Å². The van der Waals surface area contributed by atoms with Gasteiger partial charge in [-0.05, 0) is 66.8 Å². The molecule has 1 unspecified atom stereocenters. The largest absolute Gasteiger partial charge is 0.755 e. The minimum atomic E-state index is -2.47. The first-order valence-corrected chi connectivity index (χ1v) is 9.85. The fraction of sp³-hybridized carbons (Fsp3) is 0.136. The zero-order valence-corrected chi connectivity index (χ0v) is 16.2. The molecule has 0 aromatic heterocycles. The van der Waals surface area contributed by atoms with Crippen LogP contribution in [0.5, 0.6) is 0 Å². The van der Waals surface area contributed by atoms with Gasteiger partial charge >= 0.3 is 5.97 Å². The van der Waals surface area contributed by atoms with Gasteiger partial charge in [-0.15, -0.1) is 0 Å². The van der Waals surface area contributed by atoms with Crippen LogP contribution in [0.25, 0.3) is 0 Å². The van der Waals surface area contributed by atoms with Crippen LogP contribution < -0.4 is 4.31 Å². The van der Waals surface area contributed by atoms with Gasteiger partial charge in [0.15, 0.2) is 0 Å². The SMILES string of the molecule is Cc1cccc(N(c2cccc(CCc3ccccc3C(=O)O)c2)S(=O)[O-])c1. The van der Waals surface area contributed by atoms with Gasteiger partial charge in [0.25, 0.3) is 0 Å². The highest BCUT2D eigenvalue weighted by Gasteiger charge is 2.12. The van der Waals surface area contributed by atoms with E-state index < -0.39 is 17.2 Å². The molecule has 0 amide bonds. The van der Waals surface area contributed by atoms with Gasteiger partial charge in [0.2, 0.25) is 0 Å². The number of hydrogen-bond donors (Lipinski definition) is 1. The Morgan fingerprint density at radius 3 is 2.32 bits per heavy atom. The summed E-state index contributed by atoms with van der Waals surface area (Å²) in [5.41, 5.74) is 4.06. The average Bonchev–Trinajstić information content (AvgIpc) is 2.67. The lowest BCUT2D eigenvalue weighted by Crippen LogP contribution is -2.19. The minimum Gasteiger partial charge on any atom is -0.755 e. The molecule has 0 aliphatic heterocycles. The Morgan fingerprint density at radius 1 is 0.964 bits per heavy atom. The molecule has 5 nitrogen and oxygen atoms in total. The van der Waals surface area contributed by atoms with E-state index in [1.54, 1.807) is 30.3 Å². The summed E-state index contributed by atoms with van der Waals surface area (Å²) in [5, 5.41) is 9.31. The van der Waals surface area contributed by atoms with Crippen LogP contribution >= 0.6 is 0 Å². The van der Waals surface area contributed by atoms with Gasteiger partial charge in [-0.3, -0.25) is 8.51 Å². The van der Waals surface area contributed by atoms with Gasteiger partial charge in [-0.1, -0.05) is 42.5 Å². The third-order valence-corrected chi connectivity index (χ3v) is 5.18. The first-order chi connectivity index (χ1) is 13.5. The molecule has 3 aromatic rings. The molecule has 0 saturated carbocycles. The molecule has 144 valence electrons. The van der Waals surface area contributed by atoms with Gasteiger partial charge in [0.1, 0.15) is 0 Å². The van der Waals surface area contributed by atoms with E-state index in [4.69, 9.17) is 0 Å². The molecule has 0 radical (unpaired) electrons. The summed E-state index contributed by atoms with van der Waals surface area (Å²) >= 11 is -2.47. The quantitative estimate of drug-likeness (QED) is 0.602. The van der Waals surface area contributed by atoms with Crippen molar-refractivity contribution in [3.05, 3.63) is 95.1 Å². The Kier molecular flexibility index (Phi) is 6.23. The molecule has 0 spiro atoms. The smallest absolute Gasteiger partial charge is 0.335 e. The number of carboxylic acid groups (broad SMARTS) is 1. The summed E-state index contributed by atoms with van der Waals surface area (Å²) in [6.45, 7) is 1.91. The van der Waals surface area contributed by atoms with E-state index in [1.165, 1.54) is 4.31 Å². The van der Waals surface area contributed by atoms with Crippen LogP contribution in [0.1, 0.15) is 27.0 Å². The molecule has 0 heterocycles. The highest BCUT2D eigenvalue weighted by Crippen LogP contribution is 2.28. The number of rotatable bonds is 7. The third-order valence-electron chi connectivity index (χ3n) is 4.46. The van der Waals surface area contributed by atoms with Crippen LogP contribution in [0.3, 0.4) is 0 Å². The standard InChI is InChI=1S/C22H21NO4S/c1-16-6-4-9-19(14-16)23(28(26)27)20-10-5-7-17(15-20)12-13-18-8-2-3-11-21(18)22(24)25/h2-11,14-15H,12-13H2,1H3,(H,24,25)(H,26,27)/p-1. The van der Waals surface area contributed by atoms with Gasteiger partial charge in [0, 0.05) is 0 Å². The van der Waals surface area contributed by atoms with Crippen LogP contribution in [-0.4, -0.2) is 19.8 Å².